The number of guanidine groups is 1. The van der Waals surface area contributed by atoms with E-state index in [2.05, 4.69) is 47.4 Å². The van der Waals surface area contributed by atoms with E-state index in [1.165, 1.54) is 10.9 Å². The van der Waals surface area contributed by atoms with Crippen LogP contribution < -0.4 is 10.6 Å². The van der Waals surface area contributed by atoms with Gasteiger partial charge in [-0.2, -0.15) is 0 Å². The summed E-state index contributed by atoms with van der Waals surface area (Å²) in [6, 6.07) is 8.14. The molecular weight excluding hydrogens is 467 g/mol. The number of para-hydroxylation sites is 1. The Labute approximate surface area is 185 Å². The summed E-state index contributed by atoms with van der Waals surface area (Å²) < 4.78 is 11.7. The van der Waals surface area contributed by atoms with Crippen LogP contribution in [0.1, 0.15) is 31.6 Å². The quantitative estimate of drug-likeness (QED) is 0.275. The first kappa shape index (κ1) is 23.0. The second-order valence-electron chi connectivity index (χ2n) is 7.37. The number of morpholine rings is 1. The molecule has 0 aliphatic carbocycles. The topological polar surface area (TPSA) is 62.0 Å². The van der Waals surface area contributed by atoms with Gasteiger partial charge >= 0.3 is 0 Å². The van der Waals surface area contributed by atoms with Crippen LogP contribution in [0.3, 0.4) is 0 Å². The molecule has 1 saturated heterocycles. The monoisotopic (exact) mass is 500 g/mol. The largest absolute Gasteiger partial charge is 0.459 e. The summed E-state index contributed by atoms with van der Waals surface area (Å²) in [6.07, 6.45) is 1.72. The molecule has 0 bridgehead atoms. The van der Waals surface area contributed by atoms with Gasteiger partial charge in [-0.25, -0.2) is 0 Å². The molecule has 28 heavy (non-hydrogen) atoms. The third-order valence-corrected chi connectivity index (χ3v) is 5.02. The van der Waals surface area contributed by atoms with Crippen LogP contribution in [0.15, 0.2) is 33.7 Å². The van der Waals surface area contributed by atoms with E-state index in [9.17, 15) is 0 Å². The zero-order valence-corrected chi connectivity index (χ0v) is 19.7. The summed E-state index contributed by atoms with van der Waals surface area (Å²) in [7, 11) is 1.80. The second kappa shape index (κ2) is 11.0. The molecule has 1 aliphatic heterocycles. The van der Waals surface area contributed by atoms with E-state index in [0.717, 1.165) is 49.9 Å². The third-order valence-electron chi connectivity index (χ3n) is 5.02. The maximum atomic E-state index is 5.95. The first-order valence-electron chi connectivity index (χ1n) is 9.86. The molecule has 0 radical (unpaired) electrons. The first-order chi connectivity index (χ1) is 13.1. The molecule has 2 aromatic rings. The Morgan fingerprint density at radius 1 is 1.18 bits per heavy atom. The van der Waals surface area contributed by atoms with E-state index in [1.807, 2.05) is 18.2 Å². The molecule has 1 aromatic heterocycles. The van der Waals surface area contributed by atoms with Gasteiger partial charge in [-0.15, -0.1) is 24.0 Å². The Morgan fingerprint density at radius 2 is 1.89 bits per heavy atom. The Kier molecular flexibility index (Phi) is 9.04. The van der Waals surface area contributed by atoms with E-state index in [-0.39, 0.29) is 24.0 Å². The molecule has 3 rings (SSSR count). The van der Waals surface area contributed by atoms with Gasteiger partial charge < -0.3 is 19.8 Å². The van der Waals surface area contributed by atoms with Crippen LogP contribution in [-0.2, 0) is 11.3 Å². The van der Waals surface area contributed by atoms with Crippen molar-refractivity contribution < 1.29 is 9.15 Å². The molecule has 7 heteroatoms. The molecule has 2 atom stereocenters. The fourth-order valence-electron chi connectivity index (χ4n) is 3.75. The highest BCUT2D eigenvalue weighted by Gasteiger charge is 2.21. The number of benzene rings is 1. The minimum Gasteiger partial charge on any atom is -0.459 e. The summed E-state index contributed by atoms with van der Waals surface area (Å²) in [6.45, 7) is 11.0. The van der Waals surface area contributed by atoms with Crippen LogP contribution >= 0.6 is 24.0 Å². The predicted octanol–water partition coefficient (Wildman–Crippen LogP) is 3.52. The molecule has 0 saturated carbocycles. The van der Waals surface area contributed by atoms with Gasteiger partial charge in [0.2, 0.25) is 0 Å². The number of hydrogen-bond acceptors (Lipinski definition) is 4. The number of rotatable bonds is 6. The van der Waals surface area contributed by atoms with Gasteiger partial charge in [-0.1, -0.05) is 18.2 Å². The van der Waals surface area contributed by atoms with Gasteiger partial charge in [0.25, 0.3) is 0 Å². The summed E-state index contributed by atoms with van der Waals surface area (Å²) >= 11 is 0. The van der Waals surface area contributed by atoms with Crippen LogP contribution in [-0.4, -0.2) is 56.3 Å². The van der Waals surface area contributed by atoms with Crippen LogP contribution in [0.25, 0.3) is 11.0 Å². The van der Waals surface area contributed by atoms with E-state index in [1.54, 1.807) is 7.05 Å². The van der Waals surface area contributed by atoms with Gasteiger partial charge in [-0.05, 0) is 33.3 Å². The second-order valence-corrected chi connectivity index (χ2v) is 7.37. The fourth-order valence-corrected chi connectivity index (χ4v) is 3.75. The molecule has 2 unspecified atom stereocenters. The lowest BCUT2D eigenvalue weighted by atomic mass is 10.1. The number of hydrogen-bond donors (Lipinski definition) is 2. The molecule has 156 valence electrons. The molecular formula is C21H33IN4O2. The van der Waals surface area contributed by atoms with Gasteiger partial charge in [-0.3, -0.25) is 9.89 Å². The van der Waals surface area contributed by atoms with Crippen LogP contribution in [0.4, 0.5) is 0 Å². The van der Waals surface area contributed by atoms with Crippen LogP contribution in [0.2, 0.25) is 0 Å². The normalized spacial score (nSPS) is 20.8. The average Bonchev–Trinajstić information content (AvgIpc) is 2.96. The maximum Gasteiger partial charge on any atom is 0.191 e. The highest BCUT2D eigenvalue weighted by atomic mass is 127. The van der Waals surface area contributed by atoms with Crippen molar-refractivity contribution in [2.75, 3.05) is 33.2 Å². The van der Waals surface area contributed by atoms with E-state index < -0.39 is 0 Å². The number of aryl methyl sites for hydroxylation is 1. The lowest BCUT2D eigenvalue weighted by molar-refractivity contribution is -0.0679. The molecule has 0 spiro atoms. The van der Waals surface area contributed by atoms with Crippen molar-refractivity contribution in [2.45, 2.75) is 45.9 Å². The number of furan rings is 1. The predicted molar refractivity (Wildman–Crippen MR) is 126 cm³/mol. The van der Waals surface area contributed by atoms with Crippen molar-refractivity contribution in [3.63, 3.8) is 0 Å². The molecule has 2 heterocycles. The van der Waals surface area contributed by atoms with Gasteiger partial charge in [0, 0.05) is 44.2 Å². The Balaban J connectivity index is 0.00000280. The third kappa shape index (κ3) is 6.09. The molecule has 6 nitrogen and oxygen atoms in total. The van der Waals surface area contributed by atoms with Crippen molar-refractivity contribution in [1.29, 1.82) is 0 Å². The number of aliphatic imine (C=N–C) groups is 1. The maximum absolute atomic E-state index is 5.95. The van der Waals surface area contributed by atoms with Crippen molar-refractivity contribution in [3.05, 3.63) is 35.6 Å². The number of nitrogens with zero attached hydrogens (tertiary/aromatic N) is 2. The van der Waals surface area contributed by atoms with E-state index in [4.69, 9.17) is 9.15 Å². The lowest BCUT2D eigenvalue weighted by Gasteiger charge is -2.35. The van der Waals surface area contributed by atoms with Crippen molar-refractivity contribution in [1.82, 2.24) is 15.5 Å². The van der Waals surface area contributed by atoms with E-state index >= 15 is 0 Å². The Hall–Kier alpha value is -1.32. The zero-order chi connectivity index (χ0) is 19.2. The summed E-state index contributed by atoms with van der Waals surface area (Å²) in [5, 5.41) is 7.92. The van der Waals surface area contributed by atoms with Crippen LogP contribution in [0.5, 0.6) is 0 Å². The molecule has 1 aliphatic rings. The minimum atomic E-state index is 0. The summed E-state index contributed by atoms with van der Waals surface area (Å²) in [5.74, 6) is 1.76. The first-order valence-corrected chi connectivity index (χ1v) is 9.86. The number of nitrogens with one attached hydrogen (secondary N) is 2. The smallest absolute Gasteiger partial charge is 0.191 e. The Bertz CT molecular complexity index is 767. The highest BCUT2D eigenvalue weighted by molar-refractivity contribution is 14.0. The van der Waals surface area contributed by atoms with Gasteiger partial charge in [0.1, 0.15) is 11.3 Å². The summed E-state index contributed by atoms with van der Waals surface area (Å²) in [4.78, 5) is 6.79. The minimum absolute atomic E-state index is 0. The van der Waals surface area contributed by atoms with Crippen molar-refractivity contribution in [3.8, 4) is 0 Å². The molecule has 1 aromatic carbocycles. The number of fused-ring (bicyclic) bond motifs is 1. The standard InChI is InChI=1S/C21H32N4O2.HI/c1-15-13-25(14-16(2)26-15)11-7-10-23-21(22-4)24-12-20-17(3)18-8-5-6-9-19(18)27-20;/h5-6,8-9,15-16H,7,10-14H2,1-4H3,(H2,22,23,24);1H. The van der Waals surface area contributed by atoms with Crippen molar-refractivity contribution in [2.24, 2.45) is 4.99 Å². The zero-order valence-electron chi connectivity index (χ0n) is 17.3. The van der Waals surface area contributed by atoms with Crippen molar-refractivity contribution >= 4 is 40.9 Å². The lowest BCUT2D eigenvalue weighted by Crippen LogP contribution is -2.46. The average molecular weight is 500 g/mol. The molecule has 1 fully saturated rings. The van der Waals surface area contributed by atoms with E-state index in [0.29, 0.717) is 18.8 Å². The van der Waals surface area contributed by atoms with Gasteiger partial charge in [0.15, 0.2) is 5.96 Å². The van der Waals surface area contributed by atoms with Gasteiger partial charge in [0.05, 0.1) is 18.8 Å². The highest BCUT2D eigenvalue weighted by Crippen LogP contribution is 2.24. The molecule has 0 amide bonds. The molecule has 2 N–H and O–H groups in total. The fraction of sp³-hybridized carbons (Fsp3) is 0.571. The van der Waals surface area contributed by atoms with Crippen LogP contribution in [0, 0.1) is 6.92 Å². The number of ether oxygens (including phenoxy) is 1. The summed E-state index contributed by atoms with van der Waals surface area (Å²) in [5.41, 5.74) is 2.12. The Morgan fingerprint density at radius 3 is 2.57 bits per heavy atom. The SMILES string of the molecule is CN=C(NCCCN1CC(C)OC(C)C1)NCc1oc2ccccc2c1C.I. The number of halogens is 1.